The summed E-state index contributed by atoms with van der Waals surface area (Å²) >= 11 is 0. The van der Waals surface area contributed by atoms with Gasteiger partial charge in [0.1, 0.15) is 6.10 Å². The lowest BCUT2D eigenvalue weighted by atomic mass is 10.1. The molecule has 0 aliphatic heterocycles. The molecular formula is C16H25NO2. The van der Waals surface area contributed by atoms with Crippen molar-refractivity contribution in [1.82, 2.24) is 4.90 Å². The average molecular weight is 263 g/mol. The predicted octanol–water partition coefficient (Wildman–Crippen LogP) is 3.24. The first-order valence-corrected chi connectivity index (χ1v) is 7.06. The average Bonchev–Trinajstić information content (AvgIpc) is 2.44. The van der Waals surface area contributed by atoms with Gasteiger partial charge in [-0.2, -0.15) is 0 Å². The van der Waals surface area contributed by atoms with E-state index in [-0.39, 0.29) is 18.1 Å². The molecule has 106 valence electrons. The van der Waals surface area contributed by atoms with E-state index in [4.69, 9.17) is 4.74 Å². The second kappa shape index (κ2) is 7.95. The standard InChI is InChI=1S/C16H25NO2/c1-5-13(3)17(16(18)14(4)19-6-2)12-15-10-8-7-9-11-15/h7-11,13-14H,5-6,12H2,1-4H3. The number of rotatable bonds is 7. The van der Waals surface area contributed by atoms with E-state index in [2.05, 4.69) is 13.8 Å². The van der Waals surface area contributed by atoms with Crippen molar-refractivity contribution < 1.29 is 9.53 Å². The molecule has 0 radical (unpaired) electrons. The zero-order valence-corrected chi connectivity index (χ0v) is 12.4. The van der Waals surface area contributed by atoms with Crippen LogP contribution in [-0.2, 0) is 16.1 Å². The highest BCUT2D eigenvalue weighted by atomic mass is 16.5. The second-order valence-electron chi connectivity index (χ2n) is 4.81. The molecule has 0 saturated heterocycles. The number of carbonyl (C=O) groups is 1. The molecule has 0 fully saturated rings. The Hall–Kier alpha value is -1.35. The van der Waals surface area contributed by atoms with Gasteiger partial charge in [-0.25, -0.2) is 0 Å². The van der Waals surface area contributed by atoms with E-state index in [1.807, 2.05) is 49.1 Å². The molecule has 0 aliphatic rings. The minimum Gasteiger partial charge on any atom is -0.369 e. The van der Waals surface area contributed by atoms with Gasteiger partial charge < -0.3 is 9.64 Å². The third-order valence-corrected chi connectivity index (χ3v) is 3.37. The van der Waals surface area contributed by atoms with Crippen LogP contribution in [0.4, 0.5) is 0 Å². The van der Waals surface area contributed by atoms with E-state index >= 15 is 0 Å². The summed E-state index contributed by atoms with van der Waals surface area (Å²) in [6.45, 7) is 9.13. The molecular weight excluding hydrogens is 238 g/mol. The van der Waals surface area contributed by atoms with E-state index in [1.165, 1.54) is 0 Å². The maximum absolute atomic E-state index is 12.4. The van der Waals surface area contributed by atoms with E-state index in [9.17, 15) is 4.79 Å². The number of nitrogens with zero attached hydrogens (tertiary/aromatic N) is 1. The summed E-state index contributed by atoms with van der Waals surface area (Å²) in [5.41, 5.74) is 1.15. The fourth-order valence-electron chi connectivity index (χ4n) is 2.01. The van der Waals surface area contributed by atoms with Gasteiger partial charge in [-0.3, -0.25) is 4.79 Å². The molecule has 0 bridgehead atoms. The minimum atomic E-state index is -0.372. The molecule has 1 amide bonds. The largest absolute Gasteiger partial charge is 0.369 e. The molecule has 0 saturated carbocycles. The molecule has 2 atom stereocenters. The topological polar surface area (TPSA) is 29.5 Å². The monoisotopic (exact) mass is 263 g/mol. The summed E-state index contributed by atoms with van der Waals surface area (Å²) in [5, 5.41) is 0. The van der Waals surface area contributed by atoms with Crippen molar-refractivity contribution in [2.75, 3.05) is 6.61 Å². The zero-order valence-electron chi connectivity index (χ0n) is 12.4. The number of amides is 1. The minimum absolute atomic E-state index is 0.0695. The molecule has 0 aliphatic carbocycles. The van der Waals surface area contributed by atoms with Crippen LogP contribution in [0.3, 0.4) is 0 Å². The fourth-order valence-corrected chi connectivity index (χ4v) is 2.01. The first-order chi connectivity index (χ1) is 9.10. The van der Waals surface area contributed by atoms with Gasteiger partial charge in [0.25, 0.3) is 5.91 Å². The molecule has 3 nitrogen and oxygen atoms in total. The van der Waals surface area contributed by atoms with Crippen LogP contribution in [0.25, 0.3) is 0 Å². The molecule has 19 heavy (non-hydrogen) atoms. The third kappa shape index (κ3) is 4.67. The third-order valence-electron chi connectivity index (χ3n) is 3.37. The number of benzene rings is 1. The Labute approximate surface area is 116 Å². The summed E-state index contributed by atoms with van der Waals surface area (Å²) in [7, 11) is 0. The van der Waals surface area contributed by atoms with Gasteiger partial charge in [0, 0.05) is 19.2 Å². The Morgan fingerprint density at radius 2 is 1.84 bits per heavy atom. The van der Waals surface area contributed by atoms with Crippen LogP contribution in [0.15, 0.2) is 30.3 Å². The normalized spacial score (nSPS) is 13.9. The number of hydrogen-bond acceptors (Lipinski definition) is 2. The van der Waals surface area contributed by atoms with Gasteiger partial charge in [0.05, 0.1) is 0 Å². The van der Waals surface area contributed by atoms with E-state index in [1.54, 1.807) is 0 Å². The van der Waals surface area contributed by atoms with Crippen LogP contribution in [-0.4, -0.2) is 29.6 Å². The Morgan fingerprint density at radius 1 is 1.21 bits per heavy atom. The summed E-state index contributed by atoms with van der Waals surface area (Å²) in [6.07, 6.45) is 0.569. The summed E-state index contributed by atoms with van der Waals surface area (Å²) < 4.78 is 5.43. The van der Waals surface area contributed by atoms with Gasteiger partial charge in [-0.1, -0.05) is 37.3 Å². The van der Waals surface area contributed by atoms with Crippen LogP contribution < -0.4 is 0 Å². The number of ether oxygens (including phenoxy) is 1. The van der Waals surface area contributed by atoms with E-state index in [0.29, 0.717) is 13.2 Å². The predicted molar refractivity (Wildman–Crippen MR) is 77.8 cm³/mol. The molecule has 1 rings (SSSR count). The molecule has 3 heteroatoms. The Balaban J connectivity index is 2.80. The molecule has 2 unspecified atom stereocenters. The quantitative estimate of drug-likeness (QED) is 0.756. The van der Waals surface area contributed by atoms with Gasteiger partial charge in [0.2, 0.25) is 0 Å². The van der Waals surface area contributed by atoms with Crippen molar-refractivity contribution in [1.29, 1.82) is 0 Å². The van der Waals surface area contributed by atoms with Gasteiger partial charge >= 0.3 is 0 Å². The van der Waals surface area contributed by atoms with Crippen LogP contribution in [0.1, 0.15) is 39.7 Å². The molecule has 1 aromatic rings. The van der Waals surface area contributed by atoms with Crippen LogP contribution >= 0.6 is 0 Å². The number of hydrogen-bond donors (Lipinski definition) is 0. The highest BCUT2D eigenvalue weighted by molar-refractivity contribution is 5.80. The lowest BCUT2D eigenvalue weighted by molar-refractivity contribution is -0.145. The molecule has 0 aromatic heterocycles. The van der Waals surface area contributed by atoms with Crippen molar-refractivity contribution in [2.24, 2.45) is 0 Å². The van der Waals surface area contributed by atoms with Gasteiger partial charge in [-0.15, -0.1) is 0 Å². The highest BCUT2D eigenvalue weighted by Gasteiger charge is 2.24. The SMILES string of the molecule is CCOC(C)C(=O)N(Cc1ccccc1)C(C)CC. The Kier molecular flexibility index (Phi) is 6.57. The van der Waals surface area contributed by atoms with E-state index < -0.39 is 0 Å². The van der Waals surface area contributed by atoms with Crippen molar-refractivity contribution in [3.63, 3.8) is 0 Å². The maximum atomic E-state index is 12.4. The first-order valence-electron chi connectivity index (χ1n) is 7.06. The van der Waals surface area contributed by atoms with Crippen molar-refractivity contribution in [3.05, 3.63) is 35.9 Å². The van der Waals surface area contributed by atoms with Crippen LogP contribution in [0.5, 0.6) is 0 Å². The lowest BCUT2D eigenvalue weighted by Crippen LogP contribution is -2.43. The molecule has 0 N–H and O–H groups in total. The molecule has 0 spiro atoms. The smallest absolute Gasteiger partial charge is 0.251 e. The van der Waals surface area contributed by atoms with Crippen LogP contribution in [0, 0.1) is 0 Å². The maximum Gasteiger partial charge on any atom is 0.251 e. The zero-order chi connectivity index (χ0) is 14.3. The summed E-state index contributed by atoms with van der Waals surface area (Å²) in [4.78, 5) is 14.4. The molecule has 0 heterocycles. The Morgan fingerprint density at radius 3 is 2.37 bits per heavy atom. The van der Waals surface area contributed by atoms with Gasteiger partial charge in [0.15, 0.2) is 0 Å². The van der Waals surface area contributed by atoms with Crippen molar-refractivity contribution >= 4 is 5.91 Å². The summed E-state index contributed by atoms with van der Waals surface area (Å²) in [6, 6.07) is 10.3. The number of carbonyl (C=O) groups excluding carboxylic acids is 1. The van der Waals surface area contributed by atoms with Crippen LogP contribution in [0.2, 0.25) is 0 Å². The van der Waals surface area contributed by atoms with Crippen molar-refractivity contribution in [3.8, 4) is 0 Å². The fraction of sp³-hybridized carbons (Fsp3) is 0.562. The molecule has 1 aromatic carbocycles. The summed E-state index contributed by atoms with van der Waals surface area (Å²) in [5.74, 6) is 0.0695. The Bertz CT molecular complexity index is 378. The lowest BCUT2D eigenvalue weighted by Gasteiger charge is -2.31. The van der Waals surface area contributed by atoms with Gasteiger partial charge in [-0.05, 0) is 32.8 Å². The first kappa shape index (κ1) is 15.7. The highest BCUT2D eigenvalue weighted by Crippen LogP contribution is 2.13. The van der Waals surface area contributed by atoms with Crippen molar-refractivity contribution in [2.45, 2.75) is 52.8 Å². The second-order valence-corrected chi connectivity index (χ2v) is 4.81. The van der Waals surface area contributed by atoms with E-state index in [0.717, 1.165) is 12.0 Å².